The highest BCUT2D eigenvalue weighted by atomic mass is 15.3. The van der Waals surface area contributed by atoms with Crippen molar-refractivity contribution in [2.75, 3.05) is 6.54 Å². The van der Waals surface area contributed by atoms with Gasteiger partial charge in [0.05, 0.1) is 6.54 Å². The van der Waals surface area contributed by atoms with E-state index in [9.17, 15) is 0 Å². The molecule has 0 saturated heterocycles. The monoisotopic (exact) mass is 229 g/mol. The van der Waals surface area contributed by atoms with Crippen LogP contribution in [0.4, 0.5) is 0 Å². The quantitative estimate of drug-likeness (QED) is 0.854. The van der Waals surface area contributed by atoms with Crippen molar-refractivity contribution < 1.29 is 0 Å². The van der Waals surface area contributed by atoms with Crippen molar-refractivity contribution in [2.45, 2.75) is 26.4 Å². The van der Waals surface area contributed by atoms with Crippen LogP contribution >= 0.6 is 0 Å². The van der Waals surface area contributed by atoms with Gasteiger partial charge in [-0.05, 0) is 25.5 Å². The van der Waals surface area contributed by atoms with Gasteiger partial charge in [0.25, 0.3) is 0 Å². The Morgan fingerprint density at radius 2 is 2.24 bits per heavy atom. The van der Waals surface area contributed by atoms with Crippen LogP contribution in [0.2, 0.25) is 0 Å². The summed E-state index contributed by atoms with van der Waals surface area (Å²) in [6.45, 7) is 6.15. The van der Waals surface area contributed by atoms with Crippen molar-refractivity contribution in [2.24, 2.45) is 0 Å². The van der Waals surface area contributed by atoms with Gasteiger partial charge in [0.15, 0.2) is 0 Å². The molecule has 1 N–H and O–H groups in total. The van der Waals surface area contributed by atoms with Crippen LogP contribution in [0.3, 0.4) is 0 Å². The summed E-state index contributed by atoms with van der Waals surface area (Å²) < 4.78 is 1.94. The summed E-state index contributed by atoms with van der Waals surface area (Å²) in [4.78, 5) is 0. The van der Waals surface area contributed by atoms with Crippen LogP contribution in [0.1, 0.15) is 24.1 Å². The molecule has 17 heavy (non-hydrogen) atoms. The Balaban J connectivity index is 1.83. The molecule has 0 fully saturated rings. The minimum absolute atomic E-state index is 0.380. The van der Waals surface area contributed by atoms with E-state index in [1.165, 1.54) is 11.1 Å². The van der Waals surface area contributed by atoms with Gasteiger partial charge in [-0.3, -0.25) is 4.68 Å². The summed E-state index contributed by atoms with van der Waals surface area (Å²) in [7, 11) is 0. The standard InChI is InChI=1S/C14H19N3/c1-12-5-3-6-14(11-12)13(2)15-8-10-17-9-4-7-16-17/h3-7,9,11,13,15H,8,10H2,1-2H3. The number of nitrogens with one attached hydrogen (secondary N) is 1. The van der Waals surface area contributed by atoms with Gasteiger partial charge in [0.1, 0.15) is 0 Å². The van der Waals surface area contributed by atoms with Crippen molar-refractivity contribution in [1.29, 1.82) is 0 Å². The third-order valence-corrected chi connectivity index (χ3v) is 2.89. The van der Waals surface area contributed by atoms with E-state index >= 15 is 0 Å². The van der Waals surface area contributed by atoms with Crippen LogP contribution in [0.5, 0.6) is 0 Å². The molecule has 90 valence electrons. The first kappa shape index (κ1) is 11.9. The number of aryl methyl sites for hydroxylation is 1. The van der Waals surface area contributed by atoms with Crippen LogP contribution in [0.25, 0.3) is 0 Å². The first-order valence-electron chi connectivity index (χ1n) is 6.03. The second-order valence-electron chi connectivity index (χ2n) is 4.36. The summed E-state index contributed by atoms with van der Waals surface area (Å²) >= 11 is 0. The van der Waals surface area contributed by atoms with Gasteiger partial charge < -0.3 is 5.32 Å². The largest absolute Gasteiger partial charge is 0.308 e. The first-order valence-corrected chi connectivity index (χ1v) is 6.03. The zero-order valence-corrected chi connectivity index (χ0v) is 10.4. The zero-order chi connectivity index (χ0) is 12.1. The van der Waals surface area contributed by atoms with Crippen molar-refractivity contribution >= 4 is 0 Å². The van der Waals surface area contributed by atoms with E-state index in [1.807, 2.05) is 23.1 Å². The Morgan fingerprint density at radius 3 is 2.94 bits per heavy atom. The molecule has 0 radical (unpaired) electrons. The van der Waals surface area contributed by atoms with E-state index in [0.717, 1.165) is 13.1 Å². The molecule has 0 aliphatic heterocycles. The molecule has 1 unspecified atom stereocenters. The van der Waals surface area contributed by atoms with Gasteiger partial charge in [0.2, 0.25) is 0 Å². The van der Waals surface area contributed by atoms with Gasteiger partial charge in [-0.15, -0.1) is 0 Å². The molecule has 1 aromatic heterocycles. The normalized spacial score (nSPS) is 12.6. The molecule has 3 nitrogen and oxygen atoms in total. The maximum Gasteiger partial charge on any atom is 0.0534 e. The van der Waals surface area contributed by atoms with E-state index in [2.05, 4.69) is 48.5 Å². The van der Waals surface area contributed by atoms with E-state index in [4.69, 9.17) is 0 Å². The van der Waals surface area contributed by atoms with Crippen molar-refractivity contribution in [3.63, 3.8) is 0 Å². The number of aromatic nitrogens is 2. The third kappa shape index (κ3) is 3.43. The lowest BCUT2D eigenvalue weighted by Gasteiger charge is -2.14. The molecule has 1 aromatic carbocycles. The molecule has 3 heteroatoms. The zero-order valence-electron chi connectivity index (χ0n) is 10.4. The molecule has 1 heterocycles. The highest BCUT2D eigenvalue weighted by Crippen LogP contribution is 2.13. The highest BCUT2D eigenvalue weighted by molar-refractivity contribution is 5.24. The number of nitrogens with zero attached hydrogens (tertiary/aromatic N) is 2. The topological polar surface area (TPSA) is 29.9 Å². The van der Waals surface area contributed by atoms with Crippen LogP contribution in [0, 0.1) is 6.92 Å². The molecule has 0 amide bonds. The fourth-order valence-electron chi connectivity index (χ4n) is 1.89. The van der Waals surface area contributed by atoms with Crippen molar-refractivity contribution in [1.82, 2.24) is 15.1 Å². The lowest BCUT2D eigenvalue weighted by Crippen LogP contribution is -2.23. The maximum atomic E-state index is 4.18. The van der Waals surface area contributed by atoms with Gasteiger partial charge in [-0.2, -0.15) is 5.10 Å². The van der Waals surface area contributed by atoms with Crippen molar-refractivity contribution in [3.8, 4) is 0 Å². The Labute approximate surface area is 102 Å². The van der Waals surface area contributed by atoms with E-state index in [-0.39, 0.29) is 0 Å². The predicted octanol–water partition coefficient (Wildman–Crippen LogP) is 2.54. The first-order chi connectivity index (χ1) is 8.25. The minimum Gasteiger partial charge on any atom is -0.308 e. The highest BCUT2D eigenvalue weighted by Gasteiger charge is 2.03. The second-order valence-corrected chi connectivity index (χ2v) is 4.36. The maximum absolute atomic E-state index is 4.18. The summed E-state index contributed by atoms with van der Waals surface area (Å²) in [5, 5.41) is 7.68. The third-order valence-electron chi connectivity index (χ3n) is 2.89. The molecule has 0 aliphatic rings. The fraction of sp³-hybridized carbons (Fsp3) is 0.357. The average Bonchev–Trinajstić information content (AvgIpc) is 2.82. The molecule has 0 aliphatic carbocycles. The van der Waals surface area contributed by atoms with Crippen LogP contribution < -0.4 is 5.32 Å². The molecular weight excluding hydrogens is 210 g/mol. The molecule has 0 saturated carbocycles. The predicted molar refractivity (Wildman–Crippen MR) is 69.8 cm³/mol. The van der Waals surface area contributed by atoms with Gasteiger partial charge in [0, 0.05) is 25.0 Å². The van der Waals surface area contributed by atoms with Gasteiger partial charge >= 0.3 is 0 Å². The van der Waals surface area contributed by atoms with Crippen LogP contribution in [-0.4, -0.2) is 16.3 Å². The minimum atomic E-state index is 0.380. The smallest absolute Gasteiger partial charge is 0.0534 e. The molecular formula is C14H19N3. The molecule has 1 atom stereocenters. The molecule has 2 rings (SSSR count). The fourth-order valence-corrected chi connectivity index (χ4v) is 1.89. The lowest BCUT2D eigenvalue weighted by atomic mass is 10.1. The molecule has 0 bridgehead atoms. The lowest BCUT2D eigenvalue weighted by molar-refractivity contribution is 0.507. The summed E-state index contributed by atoms with van der Waals surface area (Å²) in [5.74, 6) is 0. The number of hydrogen-bond donors (Lipinski definition) is 1. The van der Waals surface area contributed by atoms with Gasteiger partial charge in [-0.25, -0.2) is 0 Å². The molecule has 0 spiro atoms. The Kier molecular flexibility index (Phi) is 3.94. The Morgan fingerprint density at radius 1 is 1.35 bits per heavy atom. The average molecular weight is 229 g/mol. The SMILES string of the molecule is Cc1cccc(C(C)NCCn2cccn2)c1. The van der Waals surface area contributed by atoms with E-state index < -0.39 is 0 Å². The summed E-state index contributed by atoms with van der Waals surface area (Å²) in [6.07, 6.45) is 3.79. The number of rotatable bonds is 5. The van der Waals surface area contributed by atoms with E-state index in [1.54, 1.807) is 0 Å². The Bertz CT molecular complexity index is 448. The summed E-state index contributed by atoms with van der Waals surface area (Å²) in [6, 6.07) is 11.0. The second kappa shape index (κ2) is 5.64. The van der Waals surface area contributed by atoms with Crippen LogP contribution in [0.15, 0.2) is 42.7 Å². The van der Waals surface area contributed by atoms with Crippen molar-refractivity contribution in [3.05, 3.63) is 53.9 Å². The van der Waals surface area contributed by atoms with Gasteiger partial charge in [-0.1, -0.05) is 29.8 Å². The number of hydrogen-bond acceptors (Lipinski definition) is 2. The van der Waals surface area contributed by atoms with E-state index in [0.29, 0.717) is 6.04 Å². The molecule has 2 aromatic rings. The number of benzene rings is 1. The Hall–Kier alpha value is -1.61. The summed E-state index contributed by atoms with van der Waals surface area (Å²) in [5.41, 5.74) is 2.65. The van der Waals surface area contributed by atoms with Crippen LogP contribution in [-0.2, 0) is 6.54 Å².